The first kappa shape index (κ1) is 14.4. The van der Waals surface area contributed by atoms with E-state index in [0.717, 1.165) is 17.8 Å². The van der Waals surface area contributed by atoms with Gasteiger partial charge in [0, 0.05) is 18.0 Å². The molecule has 0 spiro atoms. The van der Waals surface area contributed by atoms with Crippen molar-refractivity contribution in [2.75, 3.05) is 12.4 Å². The zero-order valence-corrected chi connectivity index (χ0v) is 12.0. The van der Waals surface area contributed by atoms with Crippen molar-refractivity contribution in [2.24, 2.45) is 0 Å². The molecule has 0 aliphatic heterocycles. The molecular weight excluding hydrogens is 313 g/mol. The smallest absolute Gasteiger partial charge is 0.146 e. The number of halogens is 4. The Hall–Kier alpha value is -1.04. The Morgan fingerprint density at radius 2 is 1.89 bits per heavy atom. The average molecular weight is 321 g/mol. The molecule has 2 rings (SSSR count). The molecule has 0 aliphatic carbocycles. The summed E-state index contributed by atoms with van der Waals surface area (Å²) in [4.78, 5) is 4.41. The van der Waals surface area contributed by atoms with Crippen molar-refractivity contribution in [3.8, 4) is 0 Å². The van der Waals surface area contributed by atoms with Gasteiger partial charge < -0.3 is 5.32 Å². The molecular formula is C12H8Cl2F2N2S. The highest BCUT2D eigenvalue weighted by Gasteiger charge is 2.12. The van der Waals surface area contributed by atoms with Gasteiger partial charge in [0.15, 0.2) is 0 Å². The highest BCUT2D eigenvalue weighted by Crippen LogP contribution is 2.36. The molecule has 2 aromatic rings. The third-order valence-corrected chi connectivity index (χ3v) is 3.98. The summed E-state index contributed by atoms with van der Waals surface area (Å²) in [7, 11) is 1.66. The molecule has 0 saturated heterocycles. The van der Waals surface area contributed by atoms with Gasteiger partial charge >= 0.3 is 0 Å². The van der Waals surface area contributed by atoms with Gasteiger partial charge in [0.2, 0.25) is 0 Å². The van der Waals surface area contributed by atoms with Crippen molar-refractivity contribution in [1.82, 2.24) is 4.98 Å². The lowest BCUT2D eigenvalue weighted by Crippen LogP contribution is -1.95. The lowest BCUT2D eigenvalue weighted by molar-refractivity contribution is 0.565. The van der Waals surface area contributed by atoms with Crippen LogP contribution in [0.5, 0.6) is 0 Å². The maximum absolute atomic E-state index is 13.6. The first-order chi connectivity index (χ1) is 9.01. The van der Waals surface area contributed by atoms with Crippen molar-refractivity contribution in [1.29, 1.82) is 0 Å². The van der Waals surface area contributed by atoms with Gasteiger partial charge in [-0.2, -0.15) is 0 Å². The molecule has 0 atom stereocenters. The monoisotopic (exact) mass is 320 g/mol. The van der Waals surface area contributed by atoms with Gasteiger partial charge in [-0.25, -0.2) is 13.8 Å². The van der Waals surface area contributed by atoms with Crippen molar-refractivity contribution in [2.45, 2.75) is 9.92 Å². The minimum Gasteiger partial charge on any atom is -0.372 e. The Balaban J connectivity index is 2.37. The maximum atomic E-state index is 13.6. The van der Waals surface area contributed by atoms with Gasteiger partial charge in [0.25, 0.3) is 0 Å². The summed E-state index contributed by atoms with van der Waals surface area (Å²) in [6, 6.07) is 4.84. The largest absolute Gasteiger partial charge is 0.372 e. The predicted molar refractivity (Wildman–Crippen MR) is 74.3 cm³/mol. The highest BCUT2D eigenvalue weighted by molar-refractivity contribution is 7.99. The molecule has 100 valence electrons. The van der Waals surface area contributed by atoms with Crippen molar-refractivity contribution >= 4 is 40.8 Å². The van der Waals surface area contributed by atoms with Crippen LogP contribution in [0.1, 0.15) is 0 Å². The molecule has 7 heteroatoms. The summed E-state index contributed by atoms with van der Waals surface area (Å²) in [5.41, 5.74) is 0. The number of aromatic nitrogens is 1. The molecule has 0 saturated carbocycles. The fourth-order valence-corrected chi connectivity index (χ4v) is 2.72. The number of pyridine rings is 1. The van der Waals surface area contributed by atoms with Crippen LogP contribution in [-0.4, -0.2) is 12.0 Å². The second-order valence-corrected chi connectivity index (χ2v) is 5.38. The number of anilines is 1. The molecule has 0 radical (unpaired) electrons. The molecule has 1 aromatic carbocycles. The topological polar surface area (TPSA) is 24.9 Å². The van der Waals surface area contributed by atoms with Gasteiger partial charge in [-0.15, -0.1) is 0 Å². The third-order valence-electron chi connectivity index (χ3n) is 2.23. The number of hydrogen-bond donors (Lipinski definition) is 1. The van der Waals surface area contributed by atoms with E-state index in [1.54, 1.807) is 7.05 Å². The van der Waals surface area contributed by atoms with Crippen LogP contribution in [0.4, 0.5) is 14.6 Å². The number of benzene rings is 1. The van der Waals surface area contributed by atoms with E-state index in [4.69, 9.17) is 23.2 Å². The third kappa shape index (κ3) is 3.29. The van der Waals surface area contributed by atoms with Crippen LogP contribution in [0.15, 0.2) is 34.2 Å². The van der Waals surface area contributed by atoms with Gasteiger partial charge in [-0.1, -0.05) is 35.0 Å². The van der Waals surface area contributed by atoms with E-state index in [-0.39, 0.29) is 4.90 Å². The van der Waals surface area contributed by atoms with E-state index >= 15 is 0 Å². The van der Waals surface area contributed by atoms with E-state index in [0.29, 0.717) is 20.9 Å². The van der Waals surface area contributed by atoms with E-state index in [9.17, 15) is 8.78 Å². The Morgan fingerprint density at radius 3 is 2.53 bits per heavy atom. The number of nitrogens with one attached hydrogen (secondary N) is 1. The summed E-state index contributed by atoms with van der Waals surface area (Å²) in [5.74, 6) is -0.854. The normalized spacial score (nSPS) is 10.6. The van der Waals surface area contributed by atoms with Gasteiger partial charge in [-0.3, -0.25) is 0 Å². The fraction of sp³-hybridized carbons (Fsp3) is 0.0833. The number of rotatable bonds is 3. The van der Waals surface area contributed by atoms with E-state index in [1.165, 1.54) is 18.2 Å². The summed E-state index contributed by atoms with van der Waals surface area (Å²) in [6.45, 7) is 0. The molecule has 0 amide bonds. The molecule has 0 bridgehead atoms. The van der Waals surface area contributed by atoms with Gasteiger partial charge in [-0.05, 0) is 18.2 Å². The molecule has 0 unspecified atom stereocenters. The Labute approximate surface area is 123 Å². The first-order valence-electron chi connectivity index (χ1n) is 5.18. The van der Waals surface area contributed by atoms with Gasteiger partial charge in [0.1, 0.15) is 22.5 Å². The standard InChI is InChI=1S/C12H8Cl2F2N2S/c1-17-11-7(13)5-8(14)12(18-11)19-10-3-2-6(15)4-9(10)16/h2-5H,1H3,(H,17,18). The van der Waals surface area contributed by atoms with Gasteiger partial charge in [0.05, 0.1) is 10.0 Å². The Bertz CT molecular complexity index is 623. The van der Waals surface area contributed by atoms with Crippen molar-refractivity contribution in [3.05, 3.63) is 45.9 Å². The Kier molecular flexibility index (Phi) is 4.50. The second-order valence-electron chi connectivity index (χ2n) is 3.53. The molecule has 1 N–H and O–H groups in total. The quantitative estimate of drug-likeness (QED) is 0.874. The van der Waals surface area contributed by atoms with Crippen LogP contribution in [0.25, 0.3) is 0 Å². The molecule has 1 heterocycles. The van der Waals surface area contributed by atoms with Crippen molar-refractivity contribution in [3.63, 3.8) is 0 Å². The zero-order chi connectivity index (χ0) is 14.0. The Morgan fingerprint density at radius 1 is 1.16 bits per heavy atom. The highest BCUT2D eigenvalue weighted by atomic mass is 35.5. The maximum Gasteiger partial charge on any atom is 0.146 e. The summed E-state index contributed by atoms with van der Waals surface area (Å²) in [5, 5.41) is 3.87. The second kappa shape index (κ2) is 5.94. The predicted octanol–water partition coefficient (Wildman–Crippen LogP) is 4.86. The van der Waals surface area contributed by atoms with Crippen LogP contribution in [-0.2, 0) is 0 Å². The summed E-state index contributed by atoms with van der Waals surface area (Å²) >= 11 is 12.9. The SMILES string of the molecule is CNc1nc(Sc2ccc(F)cc2F)c(Cl)cc1Cl. The first-order valence-corrected chi connectivity index (χ1v) is 6.75. The van der Waals surface area contributed by atoms with Crippen LogP contribution in [0.3, 0.4) is 0 Å². The van der Waals surface area contributed by atoms with Crippen LogP contribution in [0.2, 0.25) is 10.0 Å². The average Bonchev–Trinajstić information content (AvgIpc) is 2.35. The van der Waals surface area contributed by atoms with Crippen LogP contribution < -0.4 is 5.32 Å². The molecule has 1 aromatic heterocycles. The lowest BCUT2D eigenvalue weighted by atomic mass is 10.3. The van der Waals surface area contributed by atoms with E-state index < -0.39 is 11.6 Å². The number of nitrogens with zero attached hydrogens (tertiary/aromatic N) is 1. The fourth-order valence-electron chi connectivity index (χ4n) is 1.36. The zero-order valence-electron chi connectivity index (χ0n) is 9.68. The summed E-state index contributed by atoms with van der Waals surface area (Å²) in [6.07, 6.45) is 0. The minimum absolute atomic E-state index is 0.236. The van der Waals surface area contributed by atoms with E-state index in [1.807, 2.05) is 0 Å². The van der Waals surface area contributed by atoms with Crippen molar-refractivity contribution < 1.29 is 8.78 Å². The molecule has 0 aliphatic rings. The summed E-state index contributed by atoms with van der Waals surface area (Å²) < 4.78 is 26.4. The van der Waals surface area contributed by atoms with E-state index in [2.05, 4.69) is 10.3 Å². The molecule has 0 fully saturated rings. The van der Waals surface area contributed by atoms with Crippen LogP contribution >= 0.6 is 35.0 Å². The number of hydrogen-bond acceptors (Lipinski definition) is 3. The van der Waals surface area contributed by atoms with Crippen LogP contribution in [0, 0.1) is 11.6 Å². The lowest BCUT2D eigenvalue weighted by Gasteiger charge is -2.08. The minimum atomic E-state index is -0.663. The molecule has 19 heavy (non-hydrogen) atoms. The molecule has 2 nitrogen and oxygen atoms in total.